The van der Waals surface area contributed by atoms with E-state index >= 15 is 0 Å². The molecule has 1 aromatic heterocycles. The van der Waals surface area contributed by atoms with Gasteiger partial charge in [-0.05, 0) is 18.2 Å². The van der Waals surface area contributed by atoms with Gasteiger partial charge in [-0.15, -0.1) is 0 Å². The molecule has 25 heavy (non-hydrogen) atoms. The lowest BCUT2D eigenvalue weighted by molar-refractivity contribution is 0.416. The first-order valence-electron chi connectivity index (χ1n) is 7.72. The first-order valence-corrected chi connectivity index (χ1v) is 9.38. The smallest absolute Gasteiger partial charge is 0.299 e. The summed E-state index contributed by atoms with van der Waals surface area (Å²) in [5.74, 6) is 1.13. The first-order chi connectivity index (χ1) is 12.0. The summed E-state index contributed by atoms with van der Waals surface area (Å²) in [6.07, 6.45) is 1.61. The number of hydrogen-bond donors (Lipinski definition) is 1. The van der Waals surface area contributed by atoms with Crippen molar-refractivity contribution >= 4 is 21.5 Å². The summed E-state index contributed by atoms with van der Waals surface area (Å²) in [7, 11) is -1.81. The number of nitrogens with one attached hydrogen (secondary N) is 1. The minimum Gasteiger partial charge on any atom is -0.495 e. The third-order valence-electron chi connectivity index (χ3n) is 3.72. The second-order valence-corrected chi connectivity index (χ2v) is 7.56. The Hall–Kier alpha value is -2.80. The van der Waals surface area contributed by atoms with Crippen molar-refractivity contribution in [1.29, 1.82) is 0 Å². The topological polar surface area (TPSA) is 81.4 Å². The van der Waals surface area contributed by atoms with Crippen LogP contribution >= 0.6 is 0 Å². The van der Waals surface area contributed by atoms with Crippen LogP contribution in [0.15, 0.2) is 64.0 Å². The van der Waals surface area contributed by atoms with Gasteiger partial charge < -0.3 is 14.5 Å². The maximum absolute atomic E-state index is 12.1. The molecule has 0 aliphatic rings. The van der Waals surface area contributed by atoms with Gasteiger partial charge in [-0.25, -0.2) is 13.4 Å². The van der Waals surface area contributed by atoms with E-state index in [4.69, 9.17) is 9.15 Å². The van der Waals surface area contributed by atoms with Crippen LogP contribution in [0.1, 0.15) is 6.92 Å². The molecule has 3 rings (SSSR count). The molecule has 130 valence electrons. The third kappa shape index (κ3) is 3.66. The van der Waals surface area contributed by atoms with Crippen molar-refractivity contribution in [2.45, 2.75) is 11.8 Å². The molecule has 1 N–H and O–H groups in total. The van der Waals surface area contributed by atoms with Gasteiger partial charge in [0.2, 0.25) is 0 Å². The van der Waals surface area contributed by atoms with Gasteiger partial charge in [-0.3, -0.25) is 0 Å². The van der Waals surface area contributed by atoms with Crippen molar-refractivity contribution in [2.75, 3.05) is 18.2 Å². The summed E-state index contributed by atoms with van der Waals surface area (Å²) < 4.78 is 35.2. The van der Waals surface area contributed by atoms with Crippen molar-refractivity contribution in [3.8, 4) is 17.1 Å². The number of ether oxygens (including phenoxy) is 1. The summed E-state index contributed by atoms with van der Waals surface area (Å²) in [6, 6.07) is 14.5. The molecule has 0 amide bonds. The Morgan fingerprint density at radius 1 is 1.16 bits per heavy atom. The normalized spacial score (nSPS) is 11.3. The highest BCUT2D eigenvalue weighted by molar-refractivity contribution is 7.91. The molecule has 0 unspecified atom stereocenters. The molecule has 0 saturated heterocycles. The molecular formula is C18H18N2O4S. The lowest BCUT2D eigenvalue weighted by atomic mass is 10.2. The Bertz CT molecular complexity index is 966. The predicted octanol–water partition coefficient (Wildman–Crippen LogP) is 3.89. The van der Waals surface area contributed by atoms with Crippen molar-refractivity contribution in [3.63, 3.8) is 0 Å². The Morgan fingerprint density at radius 3 is 2.60 bits per heavy atom. The van der Waals surface area contributed by atoms with Gasteiger partial charge in [0, 0.05) is 5.56 Å². The van der Waals surface area contributed by atoms with Crippen LogP contribution in [-0.4, -0.2) is 26.3 Å². The van der Waals surface area contributed by atoms with Crippen LogP contribution in [0.5, 0.6) is 5.75 Å². The molecule has 0 radical (unpaired) electrons. The zero-order valence-electron chi connectivity index (χ0n) is 13.9. The summed E-state index contributed by atoms with van der Waals surface area (Å²) >= 11 is 0. The minimum absolute atomic E-state index is 0.0237. The average Bonchev–Trinajstić information content (AvgIpc) is 3.11. The van der Waals surface area contributed by atoms with Crippen LogP contribution in [0.3, 0.4) is 0 Å². The number of sulfone groups is 1. The zero-order valence-corrected chi connectivity index (χ0v) is 14.7. The molecule has 7 heteroatoms. The molecular weight excluding hydrogens is 340 g/mol. The highest BCUT2D eigenvalue weighted by Crippen LogP contribution is 2.31. The summed E-state index contributed by atoms with van der Waals surface area (Å²) in [5, 5.41) is 2.98. The van der Waals surface area contributed by atoms with Crippen LogP contribution in [0.25, 0.3) is 11.3 Å². The van der Waals surface area contributed by atoms with Crippen molar-refractivity contribution in [3.05, 3.63) is 54.7 Å². The number of methoxy groups -OCH3 is 1. The van der Waals surface area contributed by atoms with E-state index in [0.717, 1.165) is 5.56 Å². The first kappa shape index (κ1) is 17.0. The minimum atomic E-state index is -3.32. The fourth-order valence-electron chi connectivity index (χ4n) is 2.33. The van der Waals surface area contributed by atoms with Gasteiger partial charge >= 0.3 is 0 Å². The van der Waals surface area contributed by atoms with E-state index in [-0.39, 0.29) is 16.7 Å². The maximum atomic E-state index is 12.1. The third-order valence-corrected chi connectivity index (χ3v) is 5.45. The number of rotatable bonds is 6. The largest absolute Gasteiger partial charge is 0.495 e. The van der Waals surface area contributed by atoms with Crippen molar-refractivity contribution < 1.29 is 17.6 Å². The van der Waals surface area contributed by atoms with E-state index in [1.807, 2.05) is 30.3 Å². The molecule has 0 spiro atoms. The number of aromatic nitrogens is 1. The van der Waals surface area contributed by atoms with E-state index in [0.29, 0.717) is 17.2 Å². The zero-order chi connectivity index (χ0) is 17.9. The lowest BCUT2D eigenvalue weighted by Crippen LogP contribution is -2.05. The molecule has 0 bridgehead atoms. The quantitative estimate of drug-likeness (QED) is 0.720. The van der Waals surface area contributed by atoms with Gasteiger partial charge in [0.25, 0.3) is 6.01 Å². The van der Waals surface area contributed by atoms with Gasteiger partial charge in [0.05, 0.1) is 29.6 Å². The van der Waals surface area contributed by atoms with Crippen LogP contribution < -0.4 is 10.1 Å². The SMILES string of the molecule is CCS(=O)(=O)c1ccc(OC)c(Nc2ncc(-c3ccccc3)o2)c1. The van der Waals surface area contributed by atoms with E-state index in [2.05, 4.69) is 10.3 Å². The predicted molar refractivity (Wildman–Crippen MR) is 95.9 cm³/mol. The molecule has 0 atom stereocenters. The fraction of sp³-hybridized carbons (Fsp3) is 0.167. The monoisotopic (exact) mass is 358 g/mol. The molecule has 6 nitrogen and oxygen atoms in total. The molecule has 0 aliphatic heterocycles. The van der Waals surface area contributed by atoms with Crippen molar-refractivity contribution in [1.82, 2.24) is 4.98 Å². The van der Waals surface area contributed by atoms with E-state index < -0.39 is 9.84 Å². The number of hydrogen-bond acceptors (Lipinski definition) is 6. The van der Waals surface area contributed by atoms with Gasteiger partial charge in [0.1, 0.15) is 5.75 Å². The Kier molecular flexibility index (Phi) is 4.76. The van der Waals surface area contributed by atoms with E-state index in [1.165, 1.54) is 19.2 Å². The van der Waals surface area contributed by atoms with Gasteiger partial charge in [-0.1, -0.05) is 37.3 Å². The Balaban J connectivity index is 1.92. The van der Waals surface area contributed by atoms with Crippen LogP contribution in [0.4, 0.5) is 11.7 Å². The Morgan fingerprint density at radius 2 is 1.92 bits per heavy atom. The average molecular weight is 358 g/mol. The number of benzene rings is 2. The van der Waals surface area contributed by atoms with Gasteiger partial charge in [0.15, 0.2) is 15.6 Å². The molecule has 0 aliphatic carbocycles. The Labute approximate surface area is 146 Å². The number of anilines is 2. The van der Waals surface area contributed by atoms with E-state index in [9.17, 15) is 8.42 Å². The summed E-state index contributed by atoms with van der Waals surface area (Å²) in [6.45, 7) is 1.60. The molecule has 0 saturated carbocycles. The number of nitrogens with zero attached hydrogens (tertiary/aromatic N) is 1. The van der Waals surface area contributed by atoms with Crippen molar-refractivity contribution in [2.24, 2.45) is 0 Å². The van der Waals surface area contributed by atoms with E-state index in [1.54, 1.807) is 19.2 Å². The standard InChI is InChI=1S/C18H18N2O4S/c1-3-25(21,22)14-9-10-16(23-2)15(11-14)20-18-19-12-17(24-18)13-7-5-4-6-8-13/h4-12H,3H2,1-2H3,(H,19,20). The van der Waals surface area contributed by atoms with Crippen LogP contribution in [-0.2, 0) is 9.84 Å². The summed E-state index contributed by atoms with van der Waals surface area (Å²) in [4.78, 5) is 4.41. The maximum Gasteiger partial charge on any atom is 0.299 e. The van der Waals surface area contributed by atoms with Crippen LogP contribution in [0, 0.1) is 0 Å². The highest BCUT2D eigenvalue weighted by Gasteiger charge is 2.16. The summed E-state index contributed by atoms with van der Waals surface area (Å²) in [5.41, 5.74) is 1.37. The molecule has 2 aromatic carbocycles. The molecule has 1 heterocycles. The lowest BCUT2D eigenvalue weighted by Gasteiger charge is -2.10. The molecule has 3 aromatic rings. The van der Waals surface area contributed by atoms with Gasteiger partial charge in [-0.2, -0.15) is 0 Å². The molecule has 0 fully saturated rings. The fourth-order valence-corrected chi connectivity index (χ4v) is 3.23. The highest BCUT2D eigenvalue weighted by atomic mass is 32.2. The van der Waals surface area contributed by atoms with Crippen LogP contribution in [0.2, 0.25) is 0 Å². The second kappa shape index (κ2) is 6.98. The number of oxazole rings is 1. The second-order valence-electron chi connectivity index (χ2n) is 5.29.